The lowest BCUT2D eigenvalue weighted by atomic mass is 9.53. The zero-order chi connectivity index (χ0) is 40.4. The van der Waals surface area contributed by atoms with E-state index in [0.29, 0.717) is 50.3 Å². The van der Waals surface area contributed by atoms with Gasteiger partial charge in [0.2, 0.25) is 0 Å². The molecular weight excluding hydrogens is 727 g/mol. The molecular formula is C44H71N5O8. The number of carbonyl (C=O) groups is 2. The molecule has 0 aromatic heterocycles. The van der Waals surface area contributed by atoms with Gasteiger partial charge < -0.3 is 56.9 Å². The van der Waals surface area contributed by atoms with E-state index in [0.717, 1.165) is 58.0 Å². The number of likely N-dealkylation sites (N-methyl/N-ethyl adjacent to an activating group) is 1. The maximum Gasteiger partial charge on any atom is 0.335 e. The third-order valence-electron chi connectivity index (χ3n) is 15.3. The fraction of sp³-hybridized carbons (Fsp3) is 0.864. The highest BCUT2D eigenvalue weighted by Gasteiger charge is 2.65. The van der Waals surface area contributed by atoms with E-state index in [1.54, 1.807) is 6.08 Å². The standard InChI is InChI=1S/C44H71N5O8/c1-4-25(22-47-5-2)43(54)56-34-20-32-40(53)38-33(52)19-30(23-50)55-42(38)39-37(27-14-15-48-36(46)18-27)31(26-8-6-10-29(51)17-26)11-7-9-28(44(34,3)57-41(32)39)16-24-12-13-35(45)49-21-24/h4,24,26-32,34-42,47-51,53H,5-6,8-10,12-23,45-46H2,1-3H3/t24?,26?,27?,28-,29?,30?,31+,32?,34-,35?,36?,37?,38?,39?,40?,41?,42?,44-/m0/s1. The van der Waals surface area contributed by atoms with Gasteiger partial charge in [-0.15, -0.1) is 5.92 Å². The molecule has 7 rings (SSSR count). The van der Waals surface area contributed by atoms with Gasteiger partial charge in [-0.05, 0) is 115 Å². The predicted octanol–water partition coefficient (Wildman–Crippen LogP) is 1.71. The molecule has 2 aliphatic carbocycles. The highest BCUT2D eigenvalue weighted by atomic mass is 16.6. The van der Waals surface area contributed by atoms with Crippen molar-refractivity contribution >= 4 is 11.8 Å². The molecule has 0 aromatic carbocycles. The van der Waals surface area contributed by atoms with Crippen molar-refractivity contribution in [3.63, 3.8) is 0 Å². The molecule has 320 valence electrons. The Balaban J connectivity index is 1.38. The molecule has 0 spiro atoms. The van der Waals surface area contributed by atoms with Gasteiger partial charge in [0, 0.05) is 48.6 Å². The lowest BCUT2D eigenvalue weighted by Gasteiger charge is -2.62. The SMILES string of the molecule is CC=C(CNCC)C(=O)O[C@H]1CC2C(O)C3C(=O)CC(CO)OC3C3C2O[C@@]1(C)[C@H](CC1CCC(N)NC1)CC#C[C@H](C1CCCC(O)C1)C3C1CCNC(N)C1. The van der Waals surface area contributed by atoms with Crippen molar-refractivity contribution in [1.29, 1.82) is 0 Å². The number of rotatable bonds is 10. The molecule has 18 atom stereocenters. The average Bonchev–Trinajstić information content (AvgIpc) is 3.19. The number of carbonyl (C=O) groups excluding carboxylic acids is 2. The molecule has 5 aliphatic heterocycles. The van der Waals surface area contributed by atoms with E-state index in [2.05, 4.69) is 34.7 Å². The van der Waals surface area contributed by atoms with E-state index in [-0.39, 0.29) is 66.6 Å². The number of esters is 1. The summed E-state index contributed by atoms with van der Waals surface area (Å²) < 4.78 is 21.1. The third kappa shape index (κ3) is 9.07. The van der Waals surface area contributed by atoms with Crippen LogP contribution >= 0.6 is 0 Å². The molecule has 0 aromatic rings. The van der Waals surface area contributed by atoms with Crippen LogP contribution < -0.4 is 27.4 Å². The molecule has 2 bridgehead atoms. The number of nitrogens with two attached hydrogens (primary N) is 2. The fourth-order valence-corrected chi connectivity index (χ4v) is 12.3. The van der Waals surface area contributed by atoms with E-state index in [9.17, 15) is 24.9 Å². The molecule has 13 heteroatoms. The summed E-state index contributed by atoms with van der Waals surface area (Å²) in [6, 6.07) is 0. The van der Waals surface area contributed by atoms with Crippen molar-refractivity contribution in [2.24, 2.45) is 64.7 Å². The van der Waals surface area contributed by atoms with Crippen LogP contribution in [0.5, 0.6) is 0 Å². The Morgan fingerprint density at radius 2 is 1.88 bits per heavy atom. The van der Waals surface area contributed by atoms with Gasteiger partial charge in [0.05, 0.1) is 55.4 Å². The van der Waals surface area contributed by atoms with Crippen molar-refractivity contribution < 1.29 is 39.1 Å². The molecule has 13 nitrogen and oxygen atoms in total. The maximum absolute atomic E-state index is 14.2. The summed E-state index contributed by atoms with van der Waals surface area (Å²) in [7, 11) is 0. The van der Waals surface area contributed by atoms with Gasteiger partial charge in [0.1, 0.15) is 17.5 Å². The Labute approximate surface area is 339 Å². The van der Waals surface area contributed by atoms with Crippen LogP contribution in [0.25, 0.3) is 0 Å². The summed E-state index contributed by atoms with van der Waals surface area (Å²) in [4.78, 5) is 28.3. The van der Waals surface area contributed by atoms with Crippen LogP contribution in [0.3, 0.4) is 0 Å². The first kappa shape index (κ1) is 43.1. The van der Waals surface area contributed by atoms with Crippen molar-refractivity contribution in [1.82, 2.24) is 16.0 Å². The summed E-state index contributed by atoms with van der Waals surface area (Å²) in [6.45, 7) is 8.19. The van der Waals surface area contributed by atoms with Crippen LogP contribution in [0.2, 0.25) is 0 Å². The number of hydrogen-bond acceptors (Lipinski definition) is 13. The number of allylic oxidation sites excluding steroid dienone is 1. The summed E-state index contributed by atoms with van der Waals surface area (Å²) >= 11 is 0. The van der Waals surface area contributed by atoms with E-state index in [1.807, 2.05) is 13.8 Å². The quantitative estimate of drug-likeness (QED) is 0.0901. The van der Waals surface area contributed by atoms with Gasteiger partial charge in [-0.1, -0.05) is 25.3 Å². The van der Waals surface area contributed by atoms with Gasteiger partial charge in [-0.25, -0.2) is 4.79 Å². The second-order valence-electron chi connectivity index (χ2n) is 18.8. The predicted molar refractivity (Wildman–Crippen MR) is 215 cm³/mol. The van der Waals surface area contributed by atoms with Crippen LogP contribution in [-0.2, 0) is 23.8 Å². The Morgan fingerprint density at radius 3 is 2.58 bits per heavy atom. The van der Waals surface area contributed by atoms with E-state index >= 15 is 0 Å². The van der Waals surface area contributed by atoms with Gasteiger partial charge in [0.25, 0.3) is 0 Å². The highest BCUT2D eigenvalue weighted by Crippen LogP contribution is 2.57. The Kier molecular flexibility index (Phi) is 14.2. The molecule has 5 heterocycles. The second-order valence-corrected chi connectivity index (χ2v) is 18.8. The first-order chi connectivity index (χ1) is 27.4. The summed E-state index contributed by atoms with van der Waals surface area (Å²) in [5.41, 5.74) is 12.5. The molecule has 6 fully saturated rings. The van der Waals surface area contributed by atoms with Crippen LogP contribution in [0, 0.1) is 65.1 Å². The molecule has 2 saturated carbocycles. The average molecular weight is 798 g/mol. The fourth-order valence-electron chi connectivity index (χ4n) is 12.3. The number of aliphatic hydroxyl groups excluding tert-OH is 3. The lowest BCUT2D eigenvalue weighted by Crippen LogP contribution is -2.71. The Bertz CT molecular complexity index is 1500. The molecule has 4 saturated heterocycles. The number of nitrogens with one attached hydrogen (secondary N) is 3. The maximum atomic E-state index is 14.2. The summed E-state index contributed by atoms with van der Waals surface area (Å²) in [6.07, 6.45) is 5.66. The van der Waals surface area contributed by atoms with E-state index in [1.165, 1.54) is 0 Å². The minimum Gasteiger partial charge on any atom is -0.456 e. The normalized spacial score (nSPS) is 46.6. The molecule has 57 heavy (non-hydrogen) atoms. The molecule has 14 unspecified atom stereocenters. The first-order valence-corrected chi connectivity index (χ1v) is 22.3. The smallest absolute Gasteiger partial charge is 0.335 e. The zero-order valence-corrected chi connectivity index (χ0v) is 34.5. The Hall–Kier alpha value is -1.96. The van der Waals surface area contributed by atoms with Crippen LogP contribution in [0.1, 0.15) is 97.8 Å². The van der Waals surface area contributed by atoms with E-state index in [4.69, 9.17) is 25.7 Å². The van der Waals surface area contributed by atoms with Gasteiger partial charge in [0.15, 0.2) is 0 Å². The minimum absolute atomic E-state index is 0.0208. The van der Waals surface area contributed by atoms with Crippen molar-refractivity contribution in [3.05, 3.63) is 11.6 Å². The van der Waals surface area contributed by atoms with Crippen molar-refractivity contribution in [2.75, 3.05) is 32.8 Å². The first-order valence-electron chi connectivity index (χ1n) is 22.3. The number of ketones is 1. The number of Topliss-reactive ketones (excluding diaryl/α,β-unsaturated/α-hetero) is 1. The van der Waals surface area contributed by atoms with Crippen molar-refractivity contribution in [2.45, 2.75) is 152 Å². The van der Waals surface area contributed by atoms with Crippen LogP contribution in [0.4, 0.5) is 0 Å². The largest absolute Gasteiger partial charge is 0.456 e. The second kappa shape index (κ2) is 18.8. The zero-order valence-electron chi connectivity index (χ0n) is 34.5. The van der Waals surface area contributed by atoms with Gasteiger partial charge in [-0.3, -0.25) is 4.79 Å². The number of fused-ring (bicyclic) bond motifs is 3. The molecule has 7 aliphatic rings. The number of piperidine rings is 2. The van der Waals surface area contributed by atoms with Gasteiger partial charge in [-0.2, -0.15) is 0 Å². The monoisotopic (exact) mass is 798 g/mol. The highest BCUT2D eigenvalue weighted by molar-refractivity contribution is 5.89. The minimum atomic E-state index is -1.10. The number of hydrogen-bond donors (Lipinski definition) is 8. The van der Waals surface area contributed by atoms with Gasteiger partial charge >= 0.3 is 5.97 Å². The van der Waals surface area contributed by atoms with Crippen LogP contribution in [0.15, 0.2) is 11.6 Å². The third-order valence-corrected chi connectivity index (χ3v) is 15.3. The molecule has 0 radical (unpaired) electrons. The van der Waals surface area contributed by atoms with E-state index < -0.39 is 60.0 Å². The van der Waals surface area contributed by atoms with Crippen LogP contribution in [-0.4, -0.2) is 114 Å². The number of aliphatic hydroxyl groups is 3. The topological polar surface area (TPSA) is 211 Å². The number of ether oxygens (including phenoxy) is 3. The lowest BCUT2D eigenvalue weighted by molar-refractivity contribution is -0.304. The summed E-state index contributed by atoms with van der Waals surface area (Å²) in [5, 5.41) is 44.2. The summed E-state index contributed by atoms with van der Waals surface area (Å²) in [5.74, 6) is 5.49. The molecule has 10 N–H and O–H groups in total. The Morgan fingerprint density at radius 1 is 1.05 bits per heavy atom. The molecule has 0 amide bonds. The van der Waals surface area contributed by atoms with Crippen molar-refractivity contribution in [3.8, 4) is 11.8 Å².